The third-order valence-corrected chi connectivity index (χ3v) is 4.93. The second-order valence-corrected chi connectivity index (χ2v) is 7.79. The summed E-state index contributed by atoms with van der Waals surface area (Å²) in [5.74, 6) is 2.89. The molecule has 9 nitrogen and oxygen atoms in total. The van der Waals surface area contributed by atoms with E-state index in [1.165, 1.54) is 6.33 Å². The van der Waals surface area contributed by atoms with Crippen molar-refractivity contribution < 1.29 is 14.3 Å². The van der Waals surface area contributed by atoms with Crippen molar-refractivity contribution in [2.45, 2.75) is 32.7 Å². The van der Waals surface area contributed by atoms with Gasteiger partial charge in [-0.25, -0.2) is 15.0 Å². The number of methoxy groups -OCH3 is 2. The van der Waals surface area contributed by atoms with E-state index in [2.05, 4.69) is 39.4 Å². The summed E-state index contributed by atoms with van der Waals surface area (Å²) in [6, 6.07) is 7.15. The molecule has 1 aromatic carbocycles. The fourth-order valence-electron chi connectivity index (χ4n) is 3.33. The number of rotatable bonds is 11. The van der Waals surface area contributed by atoms with Crippen LogP contribution in [0.15, 0.2) is 49.3 Å². The van der Waals surface area contributed by atoms with E-state index in [4.69, 9.17) is 9.47 Å². The van der Waals surface area contributed by atoms with Gasteiger partial charge in [0.2, 0.25) is 5.91 Å². The predicted octanol–water partition coefficient (Wildman–Crippen LogP) is 2.87. The first-order valence-electron chi connectivity index (χ1n) is 10.6. The van der Waals surface area contributed by atoms with Gasteiger partial charge < -0.3 is 20.1 Å². The Morgan fingerprint density at radius 1 is 1.12 bits per heavy atom. The lowest BCUT2D eigenvalue weighted by Crippen LogP contribution is -2.41. The zero-order valence-corrected chi connectivity index (χ0v) is 18.9. The molecule has 0 saturated carbocycles. The quantitative estimate of drug-likeness (QED) is 0.474. The van der Waals surface area contributed by atoms with Crippen LogP contribution >= 0.6 is 0 Å². The van der Waals surface area contributed by atoms with Crippen LogP contribution in [0.2, 0.25) is 0 Å². The molecule has 2 N–H and O–H groups in total. The summed E-state index contributed by atoms with van der Waals surface area (Å²) < 4.78 is 12.4. The number of ether oxygens (including phenoxy) is 2. The van der Waals surface area contributed by atoms with Crippen molar-refractivity contribution in [3.63, 3.8) is 0 Å². The molecular weight excluding hydrogens is 408 g/mol. The number of imidazole rings is 1. The molecule has 0 aliphatic carbocycles. The maximum Gasteiger partial charge on any atom is 0.242 e. The largest absolute Gasteiger partial charge is 0.493 e. The number of carbonyl (C=O) groups is 1. The van der Waals surface area contributed by atoms with Crippen molar-refractivity contribution >= 4 is 11.7 Å². The highest BCUT2D eigenvalue weighted by molar-refractivity contribution is 5.84. The summed E-state index contributed by atoms with van der Waals surface area (Å²) in [7, 11) is 3.21. The van der Waals surface area contributed by atoms with Gasteiger partial charge in [-0.1, -0.05) is 19.9 Å². The molecule has 0 saturated heterocycles. The van der Waals surface area contributed by atoms with Crippen LogP contribution in [0.1, 0.15) is 25.8 Å². The first-order valence-corrected chi connectivity index (χ1v) is 10.6. The molecule has 0 aliphatic heterocycles. The van der Waals surface area contributed by atoms with E-state index in [9.17, 15) is 4.79 Å². The van der Waals surface area contributed by atoms with Crippen LogP contribution < -0.4 is 20.1 Å². The SMILES string of the molecule is COc1ccc(CCNC(=O)C(CC(C)C)Nc2cc(-n3ccnc3)ncn2)cc1OC. The van der Waals surface area contributed by atoms with E-state index in [1.54, 1.807) is 43.6 Å². The van der Waals surface area contributed by atoms with Gasteiger partial charge in [0.25, 0.3) is 0 Å². The van der Waals surface area contributed by atoms with Gasteiger partial charge in [-0.15, -0.1) is 0 Å². The van der Waals surface area contributed by atoms with Gasteiger partial charge in [0, 0.05) is 25.0 Å². The Bertz CT molecular complexity index is 1010. The summed E-state index contributed by atoms with van der Waals surface area (Å²) >= 11 is 0. The van der Waals surface area contributed by atoms with Crippen molar-refractivity contribution in [2.24, 2.45) is 5.92 Å². The molecule has 1 unspecified atom stereocenters. The fraction of sp³-hybridized carbons (Fsp3) is 0.391. The summed E-state index contributed by atoms with van der Waals surface area (Å²) in [5.41, 5.74) is 1.05. The predicted molar refractivity (Wildman–Crippen MR) is 122 cm³/mol. The lowest BCUT2D eigenvalue weighted by atomic mass is 10.0. The molecule has 0 bridgehead atoms. The van der Waals surface area contributed by atoms with Gasteiger partial charge in [-0.3, -0.25) is 9.36 Å². The van der Waals surface area contributed by atoms with Gasteiger partial charge in [0.05, 0.1) is 14.2 Å². The van der Waals surface area contributed by atoms with E-state index in [0.717, 1.165) is 5.56 Å². The number of hydrogen-bond acceptors (Lipinski definition) is 7. The molecule has 3 rings (SSSR count). The van der Waals surface area contributed by atoms with Gasteiger partial charge in [0.15, 0.2) is 11.5 Å². The lowest BCUT2D eigenvalue weighted by molar-refractivity contribution is -0.122. The minimum atomic E-state index is -0.411. The zero-order chi connectivity index (χ0) is 22.9. The number of amides is 1. The van der Waals surface area contributed by atoms with Crippen molar-refractivity contribution in [2.75, 3.05) is 26.1 Å². The maximum absolute atomic E-state index is 12.9. The molecule has 9 heteroatoms. The van der Waals surface area contributed by atoms with Crippen molar-refractivity contribution in [3.8, 4) is 17.3 Å². The lowest BCUT2D eigenvalue weighted by Gasteiger charge is -2.21. The topological polar surface area (TPSA) is 103 Å². The second kappa shape index (κ2) is 11.1. The van der Waals surface area contributed by atoms with Crippen molar-refractivity contribution in [1.82, 2.24) is 24.8 Å². The summed E-state index contributed by atoms with van der Waals surface area (Å²) in [4.78, 5) is 25.5. The van der Waals surface area contributed by atoms with Crippen molar-refractivity contribution in [3.05, 3.63) is 54.9 Å². The molecule has 0 spiro atoms. The van der Waals surface area contributed by atoms with E-state index in [0.29, 0.717) is 48.4 Å². The second-order valence-electron chi connectivity index (χ2n) is 7.79. The normalized spacial score (nSPS) is 11.8. The number of carbonyl (C=O) groups excluding carboxylic acids is 1. The van der Waals surface area contributed by atoms with Crippen LogP contribution in [0, 0.1) is 5.92 Å². The summed E-state index contributed by atoms with van der Waals surface area (Å²) in [6.45, 7) is 4.68. The molecule has 1 atom stereocenters. The van der Waals surface area contributed by atoms with Crippen LogP contribution in [0.4, 0.5) is 5.82 Å². The molecule has 0 fully saturated rings. The van der Waals surface area contributed by atoms with Gasteiger partial charge >= 0.3 is 0 Å². The summed E-state index contributed by atoms with van der Waals surface area (Å²) in [5, 5.41) is 6.29. The van der Waals surface area contributed by atoms with Gasteiger partial charge in [-0.2, -0.15) is 0 Å². The molecule has 0 aliphatic rings. The highest BCUT2D eigenvalue weighted by Gasteiger charge is 2.20. The Morgan fingerprint density at radius 3 is 2.62 bits per heavy atom. The third-order valence-electron chi connectivity index (χ3n) is 4.93. The number of nitrogens with zero attached hydrogens (tertiary/aromatic N) is 4. The standard InChI is InChI=1S/C23H30N6O3/c1-16(2)11-18(28-21-13-22(27-14-26-21)29-10-9-24-15-29)23(30)25-8-7-17-5-6-19(31-3)20(12-17)32-4/h5-6,9-10,12-16,18H,7-8,11H2,1-4H3,(H,25,30)(H,26,27,28). The number of aromatic nitrogens is 4. The Morgan fingerprint density at radius 2 is 1.94 bits per heavy atom. The van der Waals surface area contributed by atoms with Gasteiger partial charge in [-0.05, 0) is 36.5 Å². The highest BCUT2D eigenvalue weighted by Crippen LogP contribution is 2.27. The molecule has 170 valence electrons. The molecule has 32 heavy (non-hydrogen) atoms. The molecular formula is C23H30N6O3. The average Bonchev–Trinajstić information content (AvgIpc) is 3.33. The molecule has 3 aromatic rings. The maximum atomic E-state index is 12.9. The van der Waals surface area contributed by atoms with Crippen LogP contribution in [0.3, 0.4) is 0 Å². The van der Waals surface area contributed by atoms with E-state index < -0.39 is 6.04 Å². The third kappa shape index (κ3) is 6.19. The van der Waals surface area contributed by atoms with E-state index in [-0.39, 0.29) is 5.91 Å². The van der Waals surface area contributed by atoms with Crippen LogP contribution in [0.5, 0.6) is 11.5 Å². The Hall–Kier alpha value is -3.62. The monoisotopic (exact) mass is 438 g/mol. The Labute approximate surface area is 188 Å². The number of nitrogens with one attached hydrogen (secondary N) is 2. The number of hydrogen-bond donors (Lipinski definition) is 2. The highest BCUT2D eigenvalue weighted by atomic mass is 16.5. The average molecular weight is 439 g/mol. The van der Waals surface area contributed by atoms with Crippen LogP contribution in [-0.2, 0) is 11.2 Å². The Balaban J connectivity index is 1.62. The summed E-state index contributed by atoms with van der Waals surface area (Å²) in [6.07, 6.45) is 7.98. The molecule has 2 heterocycles. The van der Waals surface area contributed by atoms with E-state index >= 15 is 0 Å². The number of benzene rings is 1. The fourth-order valence-corrected chi connectivity index (χ4v) is 3.33. The number of anilines is 1. The van der Waals surface area contributed by atoms with E-state index in [1.807, 2.05) is 18.2 Å². The first kappa shape index (κ1) is 23.1. The molecule has 1 amide bonds. The molecule has 2 aromatic heterocycles. The minimum absolute atomic E-state index is 0.0676. The smallest absolute Gasteiger partial charge is 0.242 e. The Kier molecular flexibility index (Phi) is 8.02. The van der Waals surface area contributed by atoms with Crippen LogP contribution in [0.25, 0.3) is 5.82 Å². The first-order chi connectivity index (χ1) is 15.5. The van der Waals surface area contributed by atoms with Gasteiger partial charge in [0.1, 0.15) is 30.3 Å². The zero-order valence-electron chi connectivity index (χ0n) is 18.9. The molecule has 0 radical (unpaired) electrons. The minimum Gasteiger partial charge on any atom is -0.493 e. The van der Waals surface area contributed by atoms with Crippen LogP contribution in [-0.4, -0.2) is 52.2 Å². The van der Waals surface area contributed by atoms with Crippen molar-refractivity contribution in [1.29, 1.82) is 0 Å².